The Morgan fingerprint density at radius 2 is 2.04 bits per heavy atom. The molecule has 23 heavy (non-hydrogen) atoms. The third-order valence-electron chi connectivity index (χ3n) is 4.01. The van der Waals surface area contributed by atoms with Gasteiger partial charge in [0.25, 0.3) is 0 Å². The average molecular weight is 311 g/mol. The minimum absolute atomic E-state index is 0.612. The second-order valence-electron chi connectivity index (χ2n) is 5.64. The van der Waals surface area contributed by atoms with Crippen LogP contribution < -0.4 is 9.47 Å². The first-order valence-electron chi connectivity index (χ1n) is 8.32. The molecule has 1 aromatic heterocycles. The van der Waals surface area contributed by atoms with E-state index in [1.807, 2.05) is 37.3 Å². The van der Waals surface area contributed by atoms with E-state index in [1.54, 1.807) is 6.07 Å². The van der Waals surface area contributed by atoms with Gasteiger partial charge in [0.05, 0.1) is 18.5 Å². The zero-order valence-corrected chi connectivity index (χ0v) is 13.6. The van der Waals surface area contributed by atoms with Gasteiger partial charge in [-0.3, -0.25) is 4.90 Å². The van der Waals surface area contributed by atoms with Crippen molar-refractivity contribution >= 4 is 0 Å². The molecule has 4 heteroatoms. The highest BCUT2D eigenvalue weighted by Gasteiger charge is 2.12. The second kappa shape index (κ2) is 7.97. The SMILES string of the molecule is CCOc1cc(OCCN2CCCC2)ccc1-c1ccc[c]n1. The Balaban J connectivity index is 1.68. The quantitative estimate of drug-likeness (QED) is 0.785. The van der Waals surface area contributed by atoms with E-state index in [4.69, 9.17) is 9.47 Å². The number of pyridine rings is 1. The summed E-state index contributed by atoms with van der Waals surface area (Å²) in [5.41, 5.74) is 1.83. The zero-order valence-electron chi connectivity index (χ0n) is 13.6. The van der Waals surface area contributed by atoms with Crippen LogP contribution in [0, 0.1) is 6.20 Å². The van der Waals surface area contributed by atoms with Gasteiger partial charge >= 0.3 is 0 Å². The predicted molar refractivity (Wildman–Crippen MR) is 90.8 cm³/mol. The molecule has 2 aromatic rings. The minimum Gasteiger partial charge on any atom is -0.493 e. The zero-order chi connectivity index (χ0) is 15.9. The van der Waals surface area contributed by atoms with Crippen molar-refractivity contribution in [2.45, 2.75) is 19.8 Å². The van der Waals surface area contributed by atoms with Crippen LogP contribution in [0.2, 0.25) is 0 Å². The summed E-state index contributed by atoms with van der Waals surface area (Å²) < 4.78 is 11.7. The van der Waals surface area contributed by atoms with Gasteiger partial charge in [0.1, 0.15) is 18.1 Å². The van der Waals surface area contributed by atoms with Crippen LogP contribution in [0.3, 0.4) is 0 Å². The number of hydrogen-bond donors (Lipinski definition) is 0. The van der Waals surface area contributed by atoms with Crippen LogP contribution in [0.4, 0.5) is 0 Å². The van der Waals surface area contributed by atoms with Crippen LogP contribution in [-0.2, 0) is 0 Å². The van der Waals surface area contributed by atoms with Gasteiger partial charge in [0.2, 0.25) is 0 Å². The van der Waals surface area contributed by atoms with E-state index >= 15 is 0 Å². The number of aromatic nitrogens is 1. The predicted octanol–water partition coefficient (Wildman–Crippen LogP) is 3.42. The Bertz CT molecular complexity index is 610. The van der Waals surface area contributed by atoms with Crippen molar-refractivity contribution < 1.29 is 9.47 Å². The fraction of sp³-hybridized carbons (Fsp3) is 0.421. The van der Waals surface area contributed by atoms with Crippen LogP contribution >= 0.6 is 0 Å². The summed E-state index contributed by atoms with van der Waals surface area (Å²) in [7, 11) is 0. The van der Waals surface area contributed by atoms with E-state index < -0.39 is 0 Å². The van der Waals surface area contributed by atoms with Crippen molar-refractivity contribution in [3.05, 3.63) is 42.6 Å². The number of benzene rings is 1. The Kier molecular flexibility index (Phi) is 5.48. The molecule has 4 nitrogen and oxygen atoms in total. The largest absolute Gasteiger partial charge is 0.493 e. The van der Waals surface area contributed by atoms with E-state index in [-0.39, 0.29) is 0 Å². The number of likely N-dealkylation sites (tertiary alicyclic amines) is 1. The normalized spacial score (nSPS) is 14.8. The fourth-order valence-corrected chi connectivity index (χ4v) is 2.85. The van der Waals surface area contributed by atoms with Crippen molar-refractivity contribution in [1.29, 1.82) is 0 Å². The lowest BCUT2D eigenvalue weighted by Gasteiger charge is -2.16. The van der Waals surface area contributed by atoms with Crippen molar-refractivity contribution in [1.82, 2.24) is 9.88 Å². The Hall–Kier alpha value is -2.07. The smallest absolute Gasteiger partial charge is 0.132 e. The van der Waals surface area contributed by atoms with Gasteiger partial charge < -0.3 is 9.47 Å². The number of ether oxygens (including phenoxy) is 2. The van der Waals surface area contributed by atoms with E-state index in [9.17, 15) is 0 Å². The molecule has 0 aliphatic carbocycles. The van der Waals surface area contributed by atoms with Crippen molar-refractivity contribution in [3.63, 3.8) is 0 Å². The summed E-state index contributed by atoms with van der Waals surface area (Å²) in [6, 6.07) is 11.6. The molecule has 121 valence electrons. The maximum absolute atomic E-state index is 5.90. The van der Waals surface area contributed by atoms with Gasteiger partial charge in [0, 0.05) is 18.2 Å². The van der Waals surface area contributed by atoms with E-state index in [2.05, 4.69) is 16.1 Å². The van der Waals surface area contributed by atoms with Crippen LogP contribution in [0.25, 0.3) is 11.3 Å². The molecule has 1 saturated heterocycles. The molecule has 0 atom stereocenters. The molecule has 0 spiro atoms. The lowest BCUT2D eigenvalue weighted by Crippen LogP contribution is -2.25. The van der Waals surface area contributed by atoms with Gasteiger partial charge in [-0.25, -0.2) is 4.98 Å². The number of rotatable bonds is 7. The van der Waals surface area contributed by atoms with Gasteiger partial charge in [0.15, 0.2) is 0 Å². The molecule has 1 fully saturated rings. The molecule has 0 N–H and O–H groups in total. The molecule has 1 aliphatic heterocycles. The molecule has 2 heterocycles. The highest BCUT2D eigenvalue weighted by Crippen LogP contribution is 2.32. The highest BCUT2D eigenvalue weighted by molar-refractivity contribution is 5.68. The van der Waals surface area contributed by atoms with Crippen LogP contribution in [0.1, 0.15) is 19.8 Å². The minimum atomic E-state index is 0.612. The van der Waals surface area contributed by atoms with Gasteiger partial charge in [-0.2, -0.15) is 0 Å². The highest BCUT2D eigenvalue weighted by atomic mass is 16.5. The van der Waals surface area contributed by atoms with Gasteiger partial charge in [-0.1, -0.05) is 6.07 Å². The van der Waals surface area contributed by atoms with Crippen molar-refractivity contribution in [2.24, 2.45) is 0 Å². The van der Waals surface area contributed by atoms with Gasteiger partial charge in [-0.15, -0.1) is 0 Å². The number of hydrogen-bond acceptors (Lipinski definition) is 4. The Morgan fingerprint density at radius 3 is 2.78 bits per heavy atom. The maximum Gasteiger partial charge on any atom is 0.132 e. The molecule has 0 saturated carbocycles. The van der Waals surface area contributed by atoms with Crippen LogP contribution in [0.5, 0.6) is 11.5 Å². The topological polar surface area (TPSA) is 34.6 Å². The summed E-state index contributed by atoms with van der Waals surface area (Å²) in [6.07, 6.45) is 5.49. The molecular formula is C19H23N2O2. The summed E-state index contributed by atoms with van der Waals surface area (Å²) >= 11 is 0. The van der Waals surface area contributed by atoms with Crippen molar-refractivity contribution in [3.8, 4) is 22.8 Å². The first kappa shape index (κ1) is 15.8. The first-order valence-corrected chi connectivity index (χ1v) is 8.32. The van der Waals surface area contributed by atoms with Crippen LogP contribution in [-0.4, -0.2) is 42.7 Å². The lowest BCUT2D eigenvalue weighted by atomic mass is 10.1. The Morgan fingerprint density at radius 1 is 1.17 bits per heavy atom. The summed E-state index contributed by atoms with van der Waals surface area (Å²) in [4.78, 5) is 6.73. The number of nitrogens with zero attached hydrogens (tertiary/aromatic N) is 2. The Labute approximate surface area is 138 Å². The summed E-state index contributed by atoms with van der Waals surface area (Å²) in [5, 5.41) is 0. The van der Waals surface area contributed by atoms with E-state index in [0.29, 0.717) is 13.2 Å². The second-order valence-corrected chi connectivity index (χ2v) is 5.64. The molecule has 1 aromatic carbocycles. The van der Waals surface area contributed by atoms with Gasteiger partial charge in [-0.05, 0) is 57.1 Å². The molecule has 3 rings (SSSR count). The fourth-order valence-electron chi connectivity index (χ4n) is 2.85. The standard InChI is InChI=1S/C19H23N2O2/c1-2-22-19-15-16(23-14-13-21-11-5-6-12-21)8-9-17(19)18-7-3-4-10-20-18/h3-4,7-9,15H,2,5-6,11-14H2,1H3. The van der Waals surface area contributed by atoms with E-state index in [1.165, 1.54) is 25.9 Å². The molecule has 1 radical (unpaired) electrons. The van der Waals surface area contributed by atoms with Crippen LogP contribution in [0.15, 0.2) is 36.4 Å². The summed E-state index contributed by atoms with van der Waals surface area (Å²) in [5.74, 6) is 1.65. The monoisotopic (exact) mass is 311 g/mol. The summed E-state index contributed by atoms with van der Waals surface area (Å²) in [6.45, 7) is 6.69. The molecule has 1 aliphatic rings. The maximum atomic E-state index is 5.90. The van der Waals surface area contributed by atoms with Crippen molar-refractivity contribution in [2.75, 3.05) is 32.8 Å². The molecule has 0 amide bonds. The lowest BCUT2D eigenvalue weighted by molar-refractivity contribution is 0.236. The molecule has 0 bridgehead atoms. The molecule has 0 unspecified atom stereocenters. The van der Waals surface area contributed by atoms with E-state index in [0.717, 1.165) is 29.3 Å². The average Bonchev–Trinajstić information content (AvgIpc) is 3.10. The third kappa shape index (κ3) is 4.23. The first-order chi connectivity index (χ1) is 11.4. The molecular weight excluding hydrogens is 288 g/mol. The third-order valence-corrected chi connectivity index (χ3v) is 4.01.